The van der Waals surface area contributed by atoms with Gasteiger partial charge in [-0.25, -0.2) is 0 Å². The minimum Gasteiger partial charge on any atom is -0.351 e. The third kappa shape index (κ3) is 10.3. The molecule has 1 rings (SSSR count). The van der Waals surface area contributed by atoms with Gasteiger partial charge in [-0.1, -0.05) is 65.2 Å². The van der Waals surface area contributed by atoms with Gasteiger partial charge in [0.2, 0.25) is 0 Å². The van der Waals surface area contributed by atoms with Crippen LogP contribution in [-0.2, 0) is 9.57 Å². The highest BCUT2D eigenvalue weighted by molar-refractivity contribution is 4.64. The summed E-state index contributed by atoms with van der Waals surface area (Å²) in [6.07, 6.45) is 16.6. The Hall–Kier alpha value is -0.120. The third-order valence-corrected chi connectivity index (χ3v) is 4.32. The monoisotopic (exact) mass is 299 g/mol. The lowest BCUT2D eigenvalue weighted by atomic mass is 10.0. The zero-order valence-corrected chi connectivity index (χ0v) is 14.4. The Morgan fingerprint density at radius 1 is 0.952 bits per heavy atom. The lowest BCUT2D eigenvalue weighted by Crippen LogP contribution is -2.36. The van der Waals surface area contributed by atoms with Crippen LogP contribution in [0.1, 0.15) is 97.3 Å². The van der Waals surface area contributed by atoms with E-state index < -0.39 is 0 Å². The molecule has 0 aromatic rings. The molecule has 3 nitrogen and oxygen atoms in total. The van der Waals surface area contributed by atoms with Gasteiger partial charge in [0, 0.05) is 19.1 Å². The van der Waals surface area contributed by atoms with Crippen molar-refractivity contribution in [2.24, 2.45) is 0 Å². The Labute approximate surface area is 132 Å². The molecule has 1 fully saturated rings. The minimum atomic E-state index is -0.0208. The van der Waals surface area contributed by atoms with Gasteiger partial charge >= 0.3 is 0 Å². The van der Waals surface area contributed by atoms with Gasteiger partial charge in [-0.3, -0.25) is 4.84 Å². The van der Waals surface area contributed by atoms with Gasteiger partial charge in [-0.2, -0.15) is 5.48 Å². The Bertz CT molecular complexity index is 217. The first-order valence-corrected chi connectivity index (χ1v) is 9.39. The molecule has 1 aliphatic rings. The molecule has 0 radical (unpaired) electrons. The predicted molar refractivity (Wildman–Crippen MR) is 89.1 cm³/mol. The normalized spacial score (nSPS) is 20.6. The molecule has 0 aromatic carbocycles. The number of nitrogens with one attached hydrogen (secondary N) is 1. The molecular formula is C18H37NO2. The molecule has 1 aliphatic heterocycles. The van der Waals surface area contributed by atoms with Crippen LogP contribution in [0.15, 0.2) is 0 Å². The van der Waals surface area contributed by atoms with Crippen molar-refractivity contribution in [2.75, 3.05) is 6.61 Å². The number of ether oxygens (including phenoxy) is 1. The number of hydroxylamine groups is 1. The molecule has 1 heterocycles. The number of hydrogen-bond donors (Lipinski definition) is 1. The van der Waals surface area contributed by atoms with E-state index in [9.17, 15) is 0 Å². The van der Waals surface area contributed by atoms with Crippen LogP contribution in [0, 0.1) is 0 Å². The summed E-state index contributed by atoms with van der Waals surface area (Å²) in [5, 5.41) is 0. The van der Waals surface area contributed by atoms with E-state index in [-0.39, 0.29) is 6.29 Å². The lowest BCUT2D eigenvalue weighted by Gasteiger charge is -2.26. The Morgan fingerprint density at radius 3 is 2.29 bits per heavy atom. The van der Waals surface area contributed by atoms with E-state index in [2.05, 4.69) is 19.3 Å². The van der Waals surface area contributed by atoms with Crippen LogP contribution < -0.4 is 5.48 Å². The molecule has 21 heavy (non-hydrogen) atoms. The summed E-state index contributed by atoms with van der Waals surface area (Å²) in [7, 11) is 0. The van der Waals surface area contributed by atoms with Crippen molar-refractivity contribution >= 4 is 0 Å². The summed E-state index contributed by atoms with van der Waals surface area (Å²) in [6.45, 7) is 5.39. The molecule has 1 N–H and O–H groups in total. The molecular weight excluding hydrogens is 262 g/mol. The molecule has 2 unspecified atom stereocenters. The fourth-order valence-electron chi connectivity index (χ4n) is 2.87. The summed E-state index contributed by atoms with van der Waals surface area (Å²) in [4.78, 5) is 5.78. The molecule has 0 saturated carbocycles. The van der Waals surface area contributed by atoms with Crippen molar-refractivity contribution in [1.29, 1.82) is 0 Å². The Kier molecular flexibility index (Phi) is 12.2. The standard InChI is InChI=1S/C18H37NO2/c1-3-5-7-8-10-14-17(13-9-6-4-2)19-21-18-15-11-12-16-20-18/h17-19H,3-16H2,1-2H3. The number of rotatable bonds is 13. The number of unbranched alkanes of at least 4 members (excludes halogenated alkanes) is 6. The quantitative estimate of drug-likeness (QED) is 0.367. The van der Waals surface area contributed by atoms with Gasteiger partial charge in [0.1, 0.15) is 0 Å². The maximum atomic E-state index is 5.78. The molecule has 1 saturated heterocycles. The zero-order valence-electron chi connectivity index (χ0n) is 14.4. The smallest absolute Gasteiger partial charge is 0.177 e. The van der Waals surface area contributed by atoms with Gasteiger partial charge in [0.25, 0.3) is 0 Å². The molecule has 126 valence electrons. The van der Waals surface area contributed by atoms with Crippen LogP contribution in [0.4, 0.5) is 0 Å². The van der Waals surface area contributed by atoms with E-state index in [0.717, 1.165) is 13.0 Å². The summed E-state index contributed by atoms with van der Waals surface area (Å²) >= 11 is 0. The molecule has 2 atom stereocenters. The topological polar surface area (TPSA) is 30.5 Å². The minimum absolute atomic E-state index is 0.0208. The van der Waals surface area contributed by atoms with E-state index in [4.69, 9.17) is 9.57 Å². The lowest BCUT2D eigenvalue weighted by molar-refractivity contribution is -0.204. The Morgan fingerprint density at radius 2 is 1.62 bits per heavy atom. The van der Waals surface area contributed by atoms with Crippen molar-refractivity contribution in [1.82, 2.24) is 5.48 Å². The fourth-order valence-corrected chi connectivity index (χ4v) is 2.87. The molecule has 0 amide bonds. The summed E-state index contributed by atoms with van der Waals surface area (Å²) in [5.41, 5.74) is 3.31. The van der Waals surface area contributed by atoms with E-state index in [1.807, 2.05) is 0 Å². The van der Waals surface area contributed by atoms with Crippen molar-refractivity contribution in [3.8, 4) is 0 Å². The summed E-state index contributed by atoms with van der Waals surface area (Å²) < 4.78 is 5.63. The molecule has 0 bridgehead atoms. The van der Waals surface area contributed by atoms with Crippen LogP contribution in [0.2, 0.25) is 0 Å². The molecule has 0 aromatic heterocycles. The maximum absolute atomic E-state index is 5.78. The molecule has 0 spiro atoms. The van der Waals surface area contributed by atoms with Gasteiger partial charge < -0.3 is 4.74 Å². The van der Waals surface area contributed by atoms with Crippen molar-refractivity contribution in [3.05, 3.63) is 0 Å². The fraction of sp³-hybridized carbons (Fsp3) is 1.00. The third-order valence-electron chi connectivity index (χ3n) is 4.32. The van der Waals surface area contributed by atoms with Crippen molar-refractivity contribution in [3.63, 3.8) is 0 Å². The molecule has 0 aliphatic carbocycles. The van der Waals surface area contributed by atoms with Crippen molar-refractivity contribution < 1.29 is 9.57 Å². The number of hydrogen-bond acceptors (Lipinski definition) is 3. The highest BCUT2D eigenvalue weighted by atomic mass is 16.8. The average molecular weight is 299 g/mol. The predicted octanol–water partition coefficient (Wildman–Crippen LogP) is 5.34. The first-order valence-electron chi connectivity index (χ1n) is 9.39. The maximum Gasteiger partial charge on any atom is 0.177 e. The summed E-state index contributed by atoms with van der Waals surface area (Å²) in [5.74, 6) is 0. The van der Waals surface area contributed by atoms with Crippen LogP contribution in [0.5, 0.6) is 0 Å². The Balaban J connectivity index is 2.15. The van der Waals surface area contributed by atoms with E-state index in [1.54, 1.807) is 0 Å². The van der Waals surface area contributed by atoms with Gasteiger partial charge in [-0.15, -0.1) is 0 Å². The van der Waals surface area contributed by atoms with Crippen LogP contribution in [0.3, 0.4) is 0 Å². The SMILES string of the molecule is CCCCCCCC(CCCCC)NOC1CCCCO1. The van der Waals surface area contributed by atoms with Gasteiger partial charge in [0.05, 0.1) is 0 Å². The molecule has 3 heteroatoms. The second kappa shape index (κ2) is 13.5. The zero-order chi connectivity index (χ0) is 15.2. The highest BCUT2D eigenvalue weighted by Crippen LogP contribution is 2.16. The van der Waals surface area contributed by atoms with Crippen LogP contribution in [0.25, 0.3) is 0 Å². The first kappa shape index (κ1) is 18.9. The highest BCUT2D eigenvalue weighted by Gasteiger charge is 2.16. The van der Waals surface area contributed by atoms with Crippen molar-refractivity contribution in [2.45, 2.75) is 110 Å². The second-order valence-corrected chi connectivity index (χ2v) is 6.43. The largest absolute Gasteiger partial charge is 0.351 e. The average Bonchev–Trinajstić information content (AvgIpc) is 2.53. The van der Waals surface area contributed by atoms with E-state index in [0.29, 0.717) is 6.04 Å². The first-order chi connectivity index (χ1) is 10.4. The second-order valence-electron chi connectivity index (χ2n) is 6.43. The van der Waals surface area contributed by atoms with Gasteiger partial charge in [0.15, 0.2) is 6.29 Å². The van der Waals surface area contributed by atoms with Crippen LogP contribution in [-0.4, -0.2) is 18.9 Å². The van der Waals surface area contributed by atoms with Crippen LogP contribution >= 0.6 is 0 Å². The summed E-state index contributed by atoms with van der Waals surface area (Å²) in [6, 6.07) is 0.503. The van der Waals surface area contributed by atoms with E-state index >= 15 is 0 Å². The van der Waals surface area contributed by atoms with E-state index in [1.165, 1.54) is 77.0 Å². The van der Waals surface area contributed by atoms with Gasteiger partial charge in [-0.05, 0) is 25.7 Å².